The summed E-state index contributed by atoms with van der Waals surface area (Å²) in [5.74, 6) is 1.02. The molecule has 2 aromatic rings. The van der Waals surface area contributed by atoms with E-state index in [1.165, 1.54) is 5.56 Å². The van der Waals surface area contributed by atoms with E-state index in [0.29, 0.717) is 32.5 Å². The second kappa shape index (κ2) is 8.86. The summed E-state index contributed by atoms with van der Waals surface area (Å²) in [5, 5.41) is 0. The molecule has 0 bridgehead atoms. The van der Waals surface area contributed by atoms with E-state index in [1.807, 2.05) is 42.2 Å². The lowest BCUT2D eigenvalue weighted by Gasteiger charge is -2.37. The first-order valence-corrected chi connectivity index (χ1v) is 9.29. The molecule has 1 amide bonds. The quantitative estimate of drug-likeness (QED) is 0.733. The number of nitrogens with zero attached hydrogens (tertiary/aromatic N) is 1. The van der Waals surface area contributed by atoms with Crippen LogP contribution in [0.15, 0.2) is 54.6 Å². The number of hydrogen-bond donors (Lipinski definition) is 0. The molecule has 0 N–H and O–H groups in total. The molecule has 0 aromatic heterocycles. The van der Waals surface area contributed by atoms with E-state index in [-0.39, 0.29) is 18.1 Å². The summed E-state index contributed by atoms with van der Waals surface area (Å²) in [5.41, 5.74) is 2.36. The van der Waals surface area contributed by atoms with E-state index in [2.05, 4.69) is 31.2 Å². The lowest BCUT2D eigenvalue weighted by molar-refractivity contribution is -0.145. The molecule has 4 heteroatoms. The van der Waals surface area contributed by atoms with Crippen LogP contribution in [0.3, 0.4) is 0 Å². The minimum Gasteiger partial charge on any atom is -0.494 e. The van der Waals surface area contributed by atoms with Crippen LogP contribution in [0.5, 0.6) is 5.75 Å². The number of rotatable bonds is 6. The molecule has 1 aliphatic rings. The number of hydrogen-bond acceptors (Lipinski definition) is 3. The molecule has 4 nitrogen and oxygen atoms in total. The third-order valence-corrected chi connectivity index (χ3v) is 4.61. The molecule has 3 rings (SSSR count). The summed E-state index contributed by atoms with van der Waals surface area (Å²) in [6.45, 7) is 5.92. The van der Waals surface area contributed by atoms with Crippen molar-refractivity contribution in [1.82, 2.24) is 4.90 Å². The van der Waals surface area contributed by atoms with E-state index in [1.54, 1.807) is 0 Å². The van der Waals surface area contributed by atoms with Gasteiger partial charge in [-0.25, -0.2) is 0 Å². The smallest absolute Gasteiger partial charge is 0.222 e. The number of carbonyl (C=O) groups excluding carboxylic acids is 1. The molecule has 1 fully saturated rings. The van der Waals surface area contributed by atoms with Crippen LogP contribution in [0.1, 0.15) is 37.0 Å². The summed E-state index contributed by atoms with van der Waals surface area (Å²) in [6, 6.07) is 18.1. The largest absolute Gasteiger partial charge is 0.494 e. The summed E-state index contributed by atoms with van der Waals surface area (Å²) < 4.78 is 11.7. The average molecular weight is 353 g/mol. The number of carbonyl (C=O) groups is 1. The van der Waals surface area contributed by atoms with Crippen molar-refractivity contribution in [3.05, 3.63) is 65.7 Å². The van der Waals surface area contributed by atoms with Crippen molar-refractivity contribution >= 4 is 5.91 Å². The van der Waals surface area contributed by atoms with Crippen molar-refractivity contribution in [2.45, 2.75) is 38.9 Å². The van der Waals surface area contributed by atoms with Gasteiger partial charge in [0.1, 0.15) is 11.9 Å². The summed E-state index contributed by atoms with van der Waals surface area (Å²) in [7, 11) is 0. The minimum atomic E-state index is -0.0520. The number of aryl methyl sites for hydroxylation is 1. The van der Waals surface area contributed by atoms with Gasteiger partial charge in [0.15, 0.2) is 0 Å². The first-order chi connectivity index (χ1) is 12.6. The lowest BCUT2D eigenvalue weighted by atomic mass is 10.0. The Morgan fingerprint density at radius 1 is 1.12 bits per heavy atom. The third kappa shape index (κ3) is 5.09. The van der Waals surface area contributed by atoms with Crippen molar-refractivity contribution in [3.63, 3.8) is 0 Å². The topological polar surface area (TPSA) is 38.8 Å². The normalized spacial score (nSPS) is 20.0. The average Bonchev–Trinajstić information content (AvgIpc) is 2.66. The molecular weight excluding hydrogens is 326 g/mol. The van der Waals surface area contributed by atoms with Gasteiger partial charge in [-0.15, -0.1) is 0 Å². The highest BCUT2D eigenvalue weighted by atomic mass is 16.5. The molecule has 0 radical (unpaired) electrons. The molecule has 138 valence electrons. The summed E-state index contributed by atoms with van der Waals surface area (Å²) in [4.78, 5) is 14.5. The zero-order chi connectivity index (χ0) is 18.4. The van der Waals surface area contributed by atoms with Crippen molar-refractivity contribution in [3.8, 4) is 5.75 Å². The van der Waals surface area contributed by atoms with Crippen molar-refractivity contribution in [2.24, 2.45) is 0 Å². The number of amides is 1. The molecule has 0 saturated carbocycles. The van der Waals surface area contributed by atoms with Gasteiger partial charge < -0.3 is 14.4 Å². The highest BCUT2D eigenvalue weighted by Crippen LogP contribution is 2.26. The summed E-state index contributed by atoms with van der Waals surface area (Å²) in [6.07, 6.45) is 1.21. The third-order valence-electron chi connectivity index (χ3n) is 4.61. The predicted molar refractivity (Wildman–Crippen MR) is 102 cm³/mol. The first-order valence-electron chi connectivity index (χ1n) is 9.29. The van der Waals surface area contributed by atoms with Crippen molar-refractivity contribution in [1.29, 1.82) is 0 Å². The number of ether oxygens (including phenoxy) is 2. The van der Waals surface area contributed by atoms with Gasteiger partial charge in [-0.2, -0.15) is 0 Å². The monoisotopic (exact) mass is 353 g/mol. The van der Waals surface area contributed by atoms with Crippen LogP contribution in [-0.2, 0) is 9.53 Å². The van der Waals surface area contributed by atoms with Gasteiger partial charge in [0, 0.05) is 13.0 Å². The Bertz CT molecular complexity index is 699. The molecule has 1 heterocycles. The number of morpholine rings is 1. The van der Waals surface area contributed by atoms with Crippen LogP contribution in [-0.4, -0.2) is 36.6 Å². The zero-order valence-electron chi connectivity index (χ0n) is 15.6. The maximum atomic E-state index is 12.6. The molecule has 1 saturated heterocycles. The minimum absolute atomic E-state index is 0.0413. The molecule has 1 aliphatic heterocycles. The van der Waals surface area contributed by atoms with Gasteiger partial charge >= 0.3 is 0 Å². The fourth-order valence-corrected chi connectivity index (χ4v) is 3.21. The zero-order valence-corrected chi connectivity index (χ0v) is 15.6. The Kier molecular flexibility index (Phi) is 6.29. The standard InChI is InChI=1S/C22H27NO3/c1-17-10-12-19(13-11-17)21-16-23(15-18(2)26-21)22(24)9-6-14-25-20-7-4-3-5-8-20/h3-5,7-8,10-13,18,21H,6,9,14-16H2,1-2H3. The Hall–Kier alpha value is -2.33. The van der Waals surface area contributed by atoms with Gasteiger partial charge in [-0.1, -0.05) is 48.0 Å². The van der Waals surface area contributed by atoms with Crippen LogP contribution in [0.4, 0.5) is 0 Å². The number of para-hydroxylation sites is 1. The van der Waals surface area contributed by atoms with Crippen molar-refractivity contribution < 1.29 is 14.3 Å². The summed E-state index contributed by atoms with van der Waals surface area (Å²) >= 11 is 0. The van der Waals surface area contributed by atoms with Crippen LogP contribution in [0, 0.1) is 6.92 Å². The molecule has 2 unspecified atom stereocenters. The van der Waals surface area contributed by atoms with Crippen molar-refractivity contribution in [2.75, 3.05) is 19.7 Å². The van der Waals surface area contributed by atoms with Crippen LogP contribution >= 0.6 is 0 Å². The SMILES string of the molecule is Cc1ccc(C2CN(C(=O)CCCOc3ccccc3)CC(C)O2)cc1. The van der Waals surface area contributed by atoms with E-state index in [9.17, 15) is 4.79 Å². The van der Waals surface area contributed by atoms with E-state index >= 15 is 0 Å². The number of benzene rings is 2. The maximum absolute atomic E-state index is 12.6. The Balaban J connectivity index is 1.49. The second-order valence-corrected chi connectivity index (χ2v) is 6.91. The Morgan fingerprint density at radius 3 is 2.58 bits per heavy atom. The van der Waals surface area contributed by atoms with Crippen LogP contribution < -0.4 is 4.74 Å². The molecule has 26 heavy (non-hydrogen) atoms. The Labute approximate surface area is 155 Å². The van der Waals surface area contributed by atoms with E-state index in [4.69, 9.17) is 9.47 Å². The highest BCUT2D eigenvalue weighted by Gasteiger charge is 2.29. The van der Waals surface area contributed by atoms with Crippen LogP contribution in [0.25, 0.3) is 0 Å². The predicted octanol–water partition coefficient (Wildman–Crippen LogP) is 4.14. The second-order valence-electron chi connectivity index (χ2n) is 6.91. The highest BCUT2D eigenvalue weighted by molar-refractivity contribution is 5.76. The first kappa shape index (κ1) is 18.5. The van der Waals surface area contributed by atoms with Gasteiger partial charge in [0.2, 0.25) is 5.91 Å². The van der Waals surface area contributed by atoms with Gasteiger partial charge in [-0.3, -0.25) is 4.79 Å². The Morgan fingerprint density at radius 2 is 1.85 bits per heavy atom. The molecular formula is C22H27NO3. The molecule has 0 spiro atoms. The van der Waals surface area contributed by atoms with E-state index < -0.39 is 0 Å². The van der Waals surface area contributed by atoms with Gasteiger partial charge in [-0.05, 0) is 38.0 Å². The fraction of sp³-hybridized carbons (Fsp3) is 0.409. The van der Waals surface area contributed by atoms with E-state index in [0.717, 1.165) is 11.3 Å². The lowest BCUT2D eigenvalue weighted by Crippen LogP contribution is -2.46. The van der Waals surface area contributed by atoms with Gasteiger partial charge in [0.25, 0.3) is 0 Å². The fourth-order valence-electron chi connectivity index (χ4n) is 3.21. The van der Waals surface area contributed by atoms with Crippen LogP contribution in [0.2, 0.25) is 0 Å². The van der Waals surface area contributed by atoms with Gasteiger partial charge in [0.05, 0.1) is 19.3 Å². The molecule has 0 aliphatic carbocycles. The molecule has 2 aromatic carbocycles. The maximum Gasteiger partial charge on any atom is 0.222 e. The molecule has 2 atom stereocenters.